The first-order valence-electron chi connectivity index (χ1n) is 16.3. The van der Waals surface area contributed by atoms with Gasteiger partial charge in [0.05, 0.1) is 18.8 Å². The molecule has 0 aromatic carbocycles. The van der Waals surface area contributed by atoms with Crippen LogP contribution >= 0.6 is 0 Å². The van der Waals surface area contributed by atoms with Crippen LogP contribution in [0.1, 0.15) is 123 Å². The van der Waals surface area contributed by atoms with E-state index in [0.717, 1.165) is 77.0 Å². The molecule has 2 atom stereocenters. The molecule has 0 aliphatic heterocycles. The third-order valence-electron chi connectivity index (χ3n) is 6.61. The topological polar surface area (TPSA) is 69.6 Å². The number of nitrogens with one attached hydrogen (secondary N) is 1. The van der Waals surface area contributed by atoms with Crippen molar-refractivity contribution in [2.45, 2.75) is 135 Å². The fourth-order valence-electron chi connectivity index (χ4n) is 4.08. The Morgan fingerprint density at radius 3 is 1.71 bits per heavy atom. The van der Waals surface area contributed by atoms with Gasteiger partial charge in [-0.25, -0.2) is 0 Å². The van der Waals surface area contributed by atoms with E-state index >= 15 is 0 Å². The van der Waals surface area contributed by atoms with Gasteiger partial charge in [-0.3, -0.25) is 4.79 Å². The summed E-state index contributed by atoms with van der Waals surface area (Å²) in [7, 11) is 0. The zero-order chi connectivity index (χ0) is 30.1. The average molecular weight is 568 g/mol. The van der Waals surface area contributed by atoms with E-state index in [-0.39, 0.29) is 12.5 Å². The Balaban J connectivity index is 3.75. The van der Waals surface area contributed by atoms with Crippen molar-refractivity contribution in [3.05, 3.63) is 85.1 Å². The number of hydrogen-bond donors (Lipinski definition) is 3. The SMILES string of the molecule is CC/C=C\C/C=C\C/C=C\C/C=C\C/C=C\CCCCCCCC(=O)NC(CO)C(O)/C=C/CC/C=C/CCCC. The van der Waals surface area contributed by atoms with Crippen LogP contribution in [0.15, 0.2) is 85.1 Å². The molecule has 1 amide bonds. The molecule has 4 nitrogen and oxygen atoms in total. The molecule has 0 aliphatic carbocycles. The molecule has 0 aliphatic rings. The maximum Gasteiger partial charge on any atom is 0.220 e. The van der Waals surface area contributed by atoms with Crippen LogP contribution in [-0.2, 0) is 4.79 Å². The summed E-state index contributed by atoms with van der Waals surface area (Å²) < 4.78 is 0. The molecule has 0 radical (unpaired) electrons. The van der Waals surface area contributed by atoms with E-state index in [1.165, 1.54) is 25.7 Å². The van der Waals surface area contributed by atoms with Crippen molar-refractivity contribution in [2.75, 3.05) is 6.61 Å². The molecule has 232 valence electrons. The molecule has 0 saturated carbocycles. The van der Waals surface area contributed by atoms with Crippen LogP contribution in [0.5, 0.6) is 0 Å². The predicted octanol–water partition coefficient (Wildman–Crippen LogP) is 9.39. The fourth-order valence-corrected chi connectivity index (χ4v) is 4.08. The molecular formula is C37H61NO3. The van der Waals surface area contributed by atoms with E-state index in [4.69, 9.17) is 0 Å². The Bertz CT molecular complexity index is 788. The zero-order valence-corrected chi connectivity index (χ0v) is 26.3. The first-order chi connectivity index (χ1) is 20.2. The summed E-state index contributed by atoms with van der Waals surface area (Å²) in [6.45, 7) is 4.07. The van der Waals surface area contributed by atoms with E-state index in [0.29, 0.717) is 6.42 Å². The van der Waals surface area contributed by atoms with Crippen LogP contribution in [0.3, 0.4) is 0 Å². The van der Waals surface area contributed by atoms with Gasteiger partial charge >= 0.3 is 0 Å². The van der Waals surface area contributed by atoms with Gasteiger partial charge in [-0.15, -0.1) is 0 Å². The number of carbonyl (C=O) groups excluding carboxylic acids is 1. The number of carbonyl (C=O) groups is 1. The molecular weight excluding hydrogens is 506 g/mol. The number of hydrogen-bond acceptors (Lipinski definition) is 3. The second kappa shape index (κ2) is 32.1. The van der Waals surface area contributed by atoms with Crippen molar-refractivity contribution in [1.29, 1.82) is 0 Å². The molecule has 4 heteroatoms. The van der Waals surface area contributed by atoms with Crippen molar-refractivity contribution in [3.63, 3.8) is 0 Å². The molecule has 0 aromatic rings. The first kappa shape index (κ1) is 38.6. The van der Waals surface area contributed by atoms with Gasteiger partial charge in [0.15, 0.2) is 0 Å². The molecule has 0 rings (SSSR count). The van der Waals surface area contributed by atoms with Crippen LogP contribution in [0.25, 0.3) is 0 Å². The lowest BCUT2D eigenvalue weighted by molar-refractivity contribution is -0.123. The van der Waals surface area contributed by atoms with Crippen molar-refractivity contribution in [3.8, 4) is 0 Å². The molecule has 0 fully saturated rings. The van der Waals surface area contributed by atoms with Crippen LogP contribution in [0.4, 0.5) is 0 Å². The van der Waals surface area contributed by atoms with Crippen molar-refractivity contribution < 1.29 is 15.0 Å². The summed E-state index contributed by atoms with van der Waals surface area (Å²) >= 11 is 0. The molecule has 41 heavy (non-hydrogen) atoms. The number of amides is 1. The highest BCUT2D eigenvalue weighted by Crippen LogP contribution is 2.09. The predicted molar refractivity (Wildman–Crippen MR) is 179 cm³/mol. The number of allylic oxidation sites excluding steroid dienone is 13. The highest BCUT2D eigenvalue weighted by Gasteiger charge is 2.17. The van der Waals surface area contributed by atoms with Crippen molar-refractivity contribution in [2.24, 2.45) is 0 Å². The molecule has 0 bridgehead atoms. The highest BCUT2D eigenvalue weighted by molar-refractivity contribution is 5.76. The number of rotatable bonds is 27. The Kier molecular flexibility index (Phi) is 30.2. The van der Waals surface area contributed by atoms with Gasteiger partial charge in [0.1, 0.15) is 0 Å². The summed E-state index contributed by atoms with van der Waals surface area (Å²) in [5.41, 5.74) is 0. The summed E-state index contributed by atoms with van der Waals surface area (Å²) in [5, 5.41) is 22.6. The number of aliphatic hydroxyl groups is 2. The van der Waals surface area contributed by atoms with Gasteiger partial charge < -0.3 is 15.5 Å². The minimum atomic E-state index is -0.871. The van der Waals surface area contributed by atoms with Gasteiger partial charge in [-0.1, -0.05) is 131 Å². The minimum Gasteiger partial charge on any atom is -0.394 e. The largest absolute Gasteiger partial charge is 0.394 e. The van der Waals surface area contributed by atoms with Gasteiger partial charge in [0.2, 0.25) is 5.91 Å². The molecule has 0 saturated heterocycles. The number of aliphatic hydroxyl groups excluding tert-OH is 2. The lowest BCUT2D eigenvalue weighted by atomic mass is 10.1. The second-order valence-corrected chi connectivity index (χ2v) is 10.5. The lowest BCUT2D eigenvalue weighted by Gasteiger charge is -2.19. The molecule has 3 N–H and O–H groups in total. The van der Waals surface area contributed by atoms with Gasteiger partial charge in [-0.2, -0.15) is 0 Å². The van der Waals surface area contributed by atoms with Crippen LogP contribution in [0, 0.1) is 0 Å². The Hall–Kier alpha value is -2.43. The smallest absolute Gasteiger partial charge is 0.220 e. The lowest BCUT2D eigenvalue weighted by Crippen LogP contribution is -2.45. The van der Waals surface area contributed by atoms with E-state index in [1.54, 1.807) is 6.08 Å². The van der Waals surface area contributed by atoms with Crippen molar-refractivity contribution in [1.82, 2.24) is 5.32 Å². The van der Waals surface area contributed by atoms with E-state index < -0.39 is 12.1 Å². The van der Waals surface area contributed by atoms with Crippen molar-refractivity contribution >= 4 is 5.91 Å². The maximum atomic E-state index is 12.2. The van der Waals surface area contributed by atoms with Gasteiger partial charge in [-0.05, 0) is 70.6 Å². The maximum absolute atomic E-state index is 12.2. The third kappa shape index (κ3) is 28.9. The summed E-state index contributed by atoms with van der Waals surface area (Å²) in [5.74, 6) is -0.103. The van der Waals surface area contributed by atoms with E-state index in [9.17, 15) is 15.0 Å². The Labute approximate surface area is 252 Å². The fraction of sp³-hybridized carbons (Fsp3) is 0.595. The average Bonchev–Trinajstić information content (AvgIpc) is 2.97. The standard InChI is InChI=1S/C37H61NO3/c1-3-5-7-9-11-13-14-15-16-17-18-19-20-21-22-23-24-25-27-29-31-33-37(41)38-35(34-39)36(40)32-30-28-26-12-10-8-6-4-2/h5,7,10-13,15-16,18-19,21-22,30,32,35-36,39-40H,3-4,6,8-9,14,17,20,23-29,31,33-34H2,1-2H3,(H,38,41)/b7-5-,12-10+,13-11-,16-15-,19-18-,22-21-,32-30+. The first-order valence-corrected chi connectivity index (χ1v) is 16.3. The van der Waals surface area contributed by atoms with Crippen LogP contribution < -0.4 is 5.32 Å². The normalized spacial score (nSPS) is 14.3. The molecule has 0 aromatic heterocycles. The molecule has 0 heterocycles. The van der Waals surface area contributed by atoms with E-state index in [1.807, 2.05) is 6.08 Å². The summed E-state index contributed by atoms with van der Waals surface area (Å²) in [6, 6.07) is -0.651. The quantitative estimate of drug-likeness (QED) is 0.0684. The molecule has 0 spiro atoms. The zero-order valence-electron chi connectivity index (χ0n) is 26.3. The van der Waals surface area contributed by atoms with Gasteiger partial charge in [0.25, 0.3) is 0 Å². The minimum absolute atomic E-state index is 0.103. The van der Waals surface area contributed by atoms with E-state index in [2.05, 4.69) is 92.1 Å². The van der Waals surface area contributed by atoms with Gasteiger partial charge in [0, 0.05) is 6.42 Å². The summed E-state index contributed by atoms with van der Waals surface area (Å²) in [6.07, 6.45) is 46.7. The Morgan fingerprint density at radius 1 is 0.610 bits per heavy atom. The molecule has 2 unspecified atom stereocenters. The Morgan fingerprint density at radius 2 is 1.10 bits per heavy atom. The third-order valence-corrected chi connectivity index (χ3v) is 6.61. The monoisotopic (exact) mass is 567 g/mol. The number of unbranched alkanes of at least 4 members (excludes halogenated alkanes) is 8. The summed E-state index contributed by atoms with van der Waals surface area (Å²) in [4.78, 5) is 12.2. The highest BCUT2D eigenvalue weighted by atomic mass is 16.3. The van der Waals surface area contributed by atoms with Crippen LogP contribution in [-0.4, -0.2) is 34.9 Å². The second-order valence-electron chi connectivity index (χ2n) is 10.5. The van der Waals surface area contributed by atoms with Crippen LogP contribution in [0.2, 0.25) is 0 Å².